The van der Waals surface area contributed by atoms with Gasteiger partial charge in [0.25, 0.3) is 0 Å². The normalized spacial score (nSPS) is 29.4. The fourth-order valence-electron chi connectivity index (χ4n) is 5.66. The number of ketones is 1. The summed E-state index contributed by atoms with van der Waals surface area (Å²) in [5.41, 5.74) is 0. The average Bonchev–Trinajstić information content (AvgIpc) is 3.37. The van der Waals surface area contributed by atoms with E-state index in [1.54, 1.807) is 30.5 Å². The van der Waals surface area contributed by atoms with Gasteiger partial charge in [-0.3, -0.25) is 4.79 Å². The van der Waals surface area contributed by atoms with Gasteiger partial charge in [0, 0.05) is 37.2 Å². The molecule has 0 bridgehead atoms. The summed E-state index contributed by atoms with van der Waals surface area (Å²) in [6.45, 7) is 24.5. The maximum absolute atomic E-state index is 13.2. The molecule has 0 aromatic carbocycles. The van der Waals surface area contributed by atoms with Crippen LogP contribution in [-0.4, -0.2) is 85.2 Å². The molecule has 1 unspecified atom stereocenters. The Morgan fingerprint density at radius 2 is 1.64 bits per heavy atom. The van der Waals surface area contributed by atoms with Gasteiger partial charge in [-0.05, 0) is 84.1 Å². The third-order valence-electron chi connectivity index (χ3n) is 7.50. The molecule has 0 amide bonds. The summed E-state index contributed by atoms with van der Waals surface area (Å²) in [7, 11) is -5.64. The highest BCUT2D eigenvalue weighted by atomic mass is 28.4. The van der Waals surface area contributed by atoms with Crippen LogP contribution < -0.4 is 0 Å². The van der Waals surface area contributed by atoms with Crippen molar-refractivity contribution < 1.29 is 37.1 Å². The molecule has 240 valence electrons. The molecule has 0 saturated carbocycles. The van der Waals surface area contributed by atoms with Crippen LogP contribution in [0.2, 0.25) is 58.9 Å². The summed E-state index contributed by atoms with van der Waals surface area (Å²) >= 11 is 0. The molecule has 2 fully saturated rings. The molecule has 1 aromatic rings. The van der Waals surface area contributed by atoms with E-state index in [0.29, 0.717) is 12.4 Å². The van der Waals surface area contributed by atoms with Crippen LogP contribution in [0.15, 0.2) is 28.9 Å². The minimum atomic E-state index is -2.00. The SMILES string of the molecule is C[C@@H]([C@@H]1O[C@H]1C[C@@H]1OC[C@H](CC(=O)CC(O)/C=C/c2ccco2)[C@@H](O[Si](C)(C)C)[C@@H]1O[Si](C)(C)C)[C@H](C)O[Si](C)(C)C. The first-order valence-electron chi connectivity index (χ1n) is 15.5. The van der Waals surface area contributed by atoms with Crippen molar-refractivity contribution in [2.24, 2.45) is 11.8 Å². The molecule has 3 heterocycles. The van der Waals surface area contributed by atoms with E-state index < -0.39 is 31.1 Å². The molecule has 1 N–H and O–H groups in total. The number of epoxide rings is 1. The van der Waals surface area contributed by atoms with Crippen LogP contribution in [0.25, 0.3) is 6.08 Å². The molecule has 0 aliphatic carbocycles. The third kappa shape index (κ3) is 11.9. The molecule has 0 radical (unpaired) electrons. The number of hydrogen-bond acceptors (Lipinski definition) is 8. The maximum atomic E-state index is 13.2. The lowest BCUT2D eigenvalue weighted by Gasteiger charge is -2.47. The van der Waals surface area contributed by atoms with E-state index in [-0.39, 0.29) is 67.1 Å². The van der Waals surface area contributed by atoms with Crippen molar-refractivity contribution in [2.45, 2.75) is 135 Å². The Balaban J connectivity index is 1.70. The number of carbonyl (C=O) groups excluding carboxylic acids is 1. The summed E-state index contributed by atoms with van der Waals surface area (Å²) in [6.07, 6.45) is 4.64. The zero-order valence-corrected chi connectivity index (χ0v) is 30.7. The van der Waals surface area contributed by atoms with Gasteiger partial charge in [0.15, 0.2) is 25.0 Å². The number of hydrogen-bond donors (Lipinski definition) is 1. The second-order valence-corrected chi connectivity index (χ2v) is 28.5. The molecule has 1 aromatic heterocycles. The van der Waals surface area contributed by atoms with E-state index >= 15 is 0 Å². The minimum Gasteiger partial charge on any atom is -0.465 e. The lowest BCUT2D eigenvalue weighted by Crippen LogP contribution is -2.58. The predicted octanol–water partition coefficient (Wildman–Crippen LogP) is 6.49. The van der Waals surface area contributed by atoms with E-state index in [9.17, 15) is 9.90 Å². The first-order valence-corrected chi connectivity index (χ1v) is 25.8. The van der Waals surface area contributed by atoms with Gasteiger partial charge in [-0.25, -0.2) is 0 Å². The Labute approximate surface area is 256 Å². The molecular weight excluding hydrogens is 585 g/mol. The lowest BCUT2D eigenvalue weighted by molar-refractivity contribution is -0.159. The first kappa shape index (κ1) is 35.6. The smallest absolute Gasteiger partial charge is 0.184 e. The molecule has 2 aliphatic heterocycles. The van der Waals surface area contributed by atoms with E-state index in [4.69, 9.17) is 27.2 Å². The monoisotopic (exact) mass is 640 g/mol. The van der Waals surface area contributed by atoms with Crippen LogP contribution in [0.4, 0.5) is 0 Å². The van der Waals surface area contributed by atoms with E-state index in [2.05, 4.69) is 72.8 Å². The molecule has 2 saturated heterocycles. The second-order valence-electron chi connectivity index (χ2n) is 15.1. The van der Waals surface area contributed by atoms with Crippen LogP contribution in [0.1, 0.15) is 38.9 Å². The van der Waals surface area contributed by atoms with Gasteiger partial charge >= 0.3 is 0 Å². The summed E-state index contributed by atoms with van der Waals surface area (Å²) in [5.74, 6) is 0.750. The van der Waals surface area contributed by atoms with E-state index in [0.717, 1.165) is 6.42 Å². The summed E-state index contributed by atoms with van der Waals surface area (Å²) in [4.78, 5) is 13.2. The number of aliphatic hydroxyl groups excluding tert-OH is 1. The van der Waals surface area contributed by atoms with Gasteiger partial charge in [0.05, 0.1) is 49.5 Å². The van der Waals surface area contributed by atoms with Crippen LogP contribution >= 0.6 is 0 Å². The van der Waals surface area contributed by atoms with E-state index in [1.807, 2.05) is 0 Å². The highest BCUT2D eigenvalue weighted by molar-refractivity contribution is 6.70. The van der Waals surface area contributed by atoms with E-state index in [1.165, 1.54) is 0 Å². The standard InChI is InChI=1S/C31H56O8Si3/c1-21(22(2)37-40(3,4)5)29-28(36-29)19-27-31(39-42(9,10)11)30(38-41(6,7)8)23(20-35-27)17-25(33)18-24(32)14-15-26-13-12-16-34-26/h12-16,21-24,27-32H,17-20H2,1-11H3/b15-14+/t21-,22+,23+,24?,27+,28+,29+,30-,31-/m1/s1. The lowest BCUT2D eigenvalue weighted by atomic mass is 9.85. The topological polar surface area (TPSA) is 99.9 Å². The second kappa shape index (κ2) is 14.5. The fourth-order valence-corrected chi connectivity index (χ4v) is 9.23. The Morgan fingerprint density at radius 1 is 1.00 bits per heavy atom. The average molecular weight is 641 g/mol. The van der Waals surface area contributed by atoms with Crippen molar-refractivity contribution in [2.75, 3.05) is 6.61 Å². The number of rotatable bonds is 16. The zero-order valence-electron chi connectivity index (χ0n) is 27.7. The molecule has 42 heavy (non-hydrogen) atoms. The molecule has 11 heteroatoms. The largest absolute Gasteiger partial charge is 0.465 e. The molecular formula is C31H56O8Si3. The van der Waals surface area contributed by atoms with Crippen molar-refractivity contribution in [1.82, 2.24) is 0 Å². The molecule has 8 nitrogen and oxygen atoms in total. The van der Waals surface area contributed by atoms with Crippen molar-refractivity contribution in [3.63, 3.8) is 0 Å². The van der Waals surface area contributed by atoms with Crippen molar-refractivity contribution >= 4 is 36.8 Å². The van der Waals surface area contributed by atoms with Gasteiger partial charge in [0.2, 0.25) is 0 Å². The van der Waals surface area contributed by atoms with Crippen molar-refractivity contribution in [3.8, 4) is 0 Å². The molecule has 9 atom stereocenters. The Bertz CT molecular complexity index is 1010. The number of Topliss-reactive ketones (excluding diaryl/α,β-unsaturated/α-hetero) is 1. The summed E-state index contributed by atoms with van der Waals surface area (Å²) in [6, 6.07) is 3.58. The zero-order chi connectivity index (χ0) is 31.5. The number of furan rings is 1. The highest BCUT2D eigenvalue weighted by Crippen LogP contribution is 2.40. The van der Waals surface area contributed by atoms with Crippen LogP contribution in [0.5, 0.6) is 0 Å². The molecule has 3 rings (SSSR count). The highest BCUT2D eigenvalue weighted by Gasteiger charge is 2.51. The number of ether oxygens (including phenoxy) is 2. The van der Waals surface area contributed by atoms with Gasteiger partial charge in [-0.2, -0.15) is 0 Å². The van der Waals surface area contributed by atoms with Gasteiger partial charge in [-0.15, -0.1) is 0 Å². The molecule has 0 spiro atoms. The van der Waals surface area contributed by atoms with Crippen LogP contribution in [0, 0.1) is 11.8 Å². The Kier molecular flexibility index (Phi) is 12.3. The van der Waals surface area contributed by atoms with Crippen LogP contribution in [-0.2, 0) is 27.5 Å². The minimum absolute atomic E-state index is 0.0228. The maximum Gasteiger partial charge on any atom is 0.184 e. The van der Waals surface area contributed by atoms with Crippen molar-refractivity contribution in [1.29, 1.82) is 0 Å². The summed E-state index contributed by atoms with van der Waals surface area (Å²) < 4.78 is 38.0. The van der Waals surface area contributed by atoms with Crippen LogP contribution in [0.3, 0.4) is 0 Å². The number of aliphatic hydroxyl groups is 1. The first-order chi connectivity index (χ1) is 19.3. The fraction of sp³-hybridized carbons (Fsp3) is 0.774. The van der Waals surface area contributed by atoms with Gasteiger partial charge in [-0.1, -0.05) is 13.0 Å². The van der Waals surface area contributed by atoms with Gasteiger partial charge in [0.1, 0.15) is 11.5 Å². The molecule has 2 aliphatic rings. The quantitative estimate of drug-likeness (QED) is 0.162. The Hall–Kier alpha value is -0.899. The third-order valence-corrected chi connectivity index (χ3v) is 10.5. The Morgan fingerprint density at radius 3 is 2.21 bits per heavy atom. The van der Waals surface area contributed by atoms with Crippen molar-refractivity contribution in [3.05, 3.63) is 30.2 Å². The van der Waals surface area contributed by atoms with Gasteiger partial charge < -0.3 is 32.3 Å². The number of carbonyl (C=O) groups is 1. The summed E-state index contributed by atoms with van der Waals surface area (Å²) in [5, 5.41) is 10.5. The predicted molar refractivity (Wildman–Crippen MR) is 174 cm³/mol.